The van der Waals surface area contributed by atoms with Crippen LogP contribution in [0.25, 0.3) is 0 Å². The van der Waals surface area contributed by atoms with Crippen molar-refractivity contribution in [3.05, 3.63) is 54.1 Å². The molecule has 0 aromatic heterocycles. The summed E-state index contributed by atoms with van der Waals surface area (Å²) in [5, 5.41) is 7.06. The first kappa shape index (κ1) is 20.3. The molecule has 3 rings (SSSR count). The lowest BCUT2D eigenvalue weighted by Crippen LogP contribution is -2.44. The fraction of sp³-hybridized carbons (Fsp3) is 0.350. The quantitative estimate of drug-likeness (QED) is 0.696. The van der Waals surface area contributed by atoms with Gasteiger partial charge in [-0.25, -0.2) is 0 Å². The number of anilines is 2. The largest absolute Gasteiger partial charge is 0.497 e. The number of piperidine rings is 1. The molecule has 0 radical (unpaired) electrons. The van der Waals surface area contributed by atoms with Crippen molar-refractivity contribution < 1.29 is 17.9 Å². The van der Waals surface area contributed by atoms with Crippen molar-refractivity contribution >= 4 is 28.7 Å². The monoisotopic (exact) mass is 409 g/mol. The van der Waals surface area contributed by atoms with Gasteiger partial charge in [0, 0.05) is 30.5 Å². The summed E-state index contributed by atoms with van der Waals surface area (Å²) in [6.07, 6.45) is -2.75. The topological polar surface area (TPSA) is 36.5 Å². The number of rotatable bonds is 4. The van der Waals surface area contributed by atoms with Crippen LogP contribution in [0.1, 0.15) is 18.4 Å². The minimum Gasteiger partial charge on any atom is -0.497 e. The Bertz CT molecular complexity index is 803. The van der Waals surface area contributed by atoms with Crippen LogP contribution in [-0.4, -0.2) is 36.3 Å². The third kappa shape index (κ3) is 5.28. The normalized spacial score (nSPS) is 15.2. The van der Waals surface area contributed by atoms with E-state index < -0.39 is 11.7 Å². The number of likely N-dealkylation sites (tertiary alicyclic amines) is 1. The number of nitrogens with zero attached hydrogens (tertiary/aromatic N) is 1. The molecule has 28 heavy (non-hydrogen) atoms. The molecule has 2 aromatic carbocycles. The van der Waals surface area contributed by atoms with Crippen molar-refractivity contribution in [2.24, 2.45) is 0 Å². The molecule has 2 N–H and O–H groups in total. The van der Waals surface area contributed by atoms with Crippen molar-refractivity contribution in [3.63, 3.8) is 0 Å². The second kappa shape index (κ2) is 8.68. The Hall–Kier alpha value is -2.48. The molecule has 1 aliphatic heterocycles. The second-order valence-electron chi connectivity index (χ2n) is 6.64. The minimum absolute atomic E-state index is 0.114. The van der Waals surface area contributed by atoms with Crippen molar-refractivity contribution in [2.45, 2.75) is 25.1 Å². The third-order valence-corrected chi connectivity index (χ3v) is 5.04. The van der Waals surface area contributed by atoms with Crippen LogP contribution in [0, 0.1) is 0 Å². The molecule has 1 aliphatic rings. The molecule has 0 bridgehead atoms. The summed E-state index contributed by atoms with van der Waals surface area (Å²) in [5.41, 5.74) is 0.738. The molecular formula is C20H22F3N3OS. The molecule has 1 heterocycles. The number of hydrogen-bond donors (Lipinski definition) is 2. The van der Waals surface area contributed by atoms with Crippen LogP contribution in [0.5, 0.6) is 5.75 Å². The van der Waals surface area contributed by atoms with Gasteiger partial charge >= 0.3 is 6.18 Å². The first-order valence-corrected chi connectivity index (χ1v) is 9.40. The average Bonchev–Trinajstić information content (AvgIpc) is 2.69. The Morgan fingerprint density at radius 3 is 2.36 bits per heavy atom. The van der Waals surface area contributed by atoms with E-state index in [4.69, 9.17) is 17.0 Å². The molecule has 0 aliphatic carbocycles. The molecule has 0 spiro atoms. The van der Waals surface area contributed by atoms with Gasteiger partial charge in [0.25, 0.3) is 0 Å². The molecule has 8 heteroatoms. The first-order chi connectivity index (χ1) is 13.3. The summed E-state index contributed by atoms with van der Waals surface area (Å²) in [5.74, 6) is 0.776. The zero-order valence-electron chi connectivity index (χ0n) is 15.4. The molecule has 0 saturated carbocycles. The van der Waals surface area contributed by atoms with E-state index in [1.165, 1.54) is 6.07 Å². The Morgan fingerprint density at radius 2 is 1.75 bits per heavy atom. The Morgan fingerprint density at radius 1 is 1.07 bits per heavy atom. The summed E-state index contributed by atoms with van der Waals surface area (Å²) in [6, 6.07) is 12.9. The number of thiocarbonyl (C=S) groups is 1. The lowest BCUT2D eigenvalue weighted by Gasteiger charge is -2.34. The Labute approximate surface area is 167 Å². The predicted molar refractivity (Wildman–Crippen MR) is 109 cm³/mol. The van der Waals surface area contributed by atoms with Gasteiger partial charge in [0.05, 0.1) is 12.7 Å². The second-order valence-corrected chi connectivity index (χ2v) is 7.03. The maximum atomic E-state index is 12.8. The summed E-state index contributed by atoms with van der Waals surface area (Å²) in [4.78, 5) is 2.07. The van der Waals surface area contributed by atoms with E-state index in [1.54, 1.807) is 13.2 Å². The highest BCUT2D eigenvalue weighted by Gasteiger charge is 2.30. The highest BCUT2D eigenvalue weighted by Crippen LogP contribution is 2.31. The highest BCUT2D eigenvalue weighted by atomic mass is 32.1. The summed E-state index contributed by atoms with van der Waals surface area (Å²) >= 11 is 5.48. The van der Waals surface area contributed by atoms with Crippen LogP contribution in [0.3, 0.4) is 0 Å². The van der Waals surface area contributed by atoms with Gasteiger partial charge in [-0.3, -0.25) is 0 Å². The van der Waals surface area contributed by atoms with E-state index >= 15 is 0 Å². The van der Waals surface area contributed by atoms with E-state index in [2.05, 4.69) is 15.5 Å². The lowest BCUT2D eigenvalue weighted by atomic mass is 10.0. The number of halogens is 3. The molecular weight excluding hydrogens is 387 g/mol. The molecule has 0 amide bonds. The number of ether oxygens (including phenoxy) is 1. The zero-order valence-corrected chi connectivity index (χ0v) is 16.2. The van der Waals surface area contributed by atoms with Crippen molar-refractivity contribution in [2.75, 3.05) is 30.8 Å². The maximum absolute atomic E-state index is 12.8. The number of methoxy groups -OCH3 is 1. The molecule has 1 saturated heterocycles. The number of benzene rings is 2. The maximum Gasteiger partial charge on any atom is 0.416 e. The van der Waals surface area contributed by atoms with Gasteiger partial charge in [-0.15, -0.1) is 0 Å². The summed E-state index contributed by atoms with van der Waals surface area (Å²) < 4.78 is 43.7. The molecule has 0 unspecified atom stereocenters. The van der Waals surface area contributed by atoms with Gasteiger partial charge in [-0.05, 0) is 67.5 Å². The summed E-state index contributed by atoms with van der Waals surface area (Å²) in [7, 11) is 1.62. The van der Waals surface area contributed by atoms with Gasteiger partial charge < -0.3 is 20.3 Å². The number of nitrogens with one attached hydrogen (secondary N) is 2. The zero-order chi connectivity index (χ0) is 20.1. The lowest BCUT2D eigenvalue weighted by molar-refractivity contribution is -0.137. The highest BCUT2D eigenvalue weighted by molar-refractivity contribution is 7.80. The Kier molecular flexibility index (Phi) is 6.28. The first-order valence-electron chi connectivity index (χ1n) is 8.99. The predicted octanol–water partition coefficient (Wildman–Crippen LogP) is 4.99. The number of alkyl halides is 3. The molecule has 1 fully saturated rings. The van der Waals surface area contributed by atoms with E-state index in [0.717, 1.165) is 49.5 Å². The van der Waals surface area contributed by atoms with Crippen LogP contribution < -0.4 is 15.4 Å². The van der Waals surface area contributed by atoms with Crippen molar-refractivity contribution in [1.29, 1.82) is 0 Å². The van der Waals surface area contributed by atoms with Crippen molar-refractivity contribution in [3.8, 4) is 5.75 Å². The van der Waals surface area contributed by atoms with Crippen molar-refractivity contribution in [1.82, 2.24) is 4.90 Å². The fourth-order valence-corrected chi connectivity index (χ4v) is 3.43. The Balaban J connectivity index is 1.50. The van der Waals surface area contributed by atoms with E-state index in [0.29, 0.717) is 10.8 Å². The van der Waals surface area contributed by atoms with Gasteiger partial charge in [0.2, 0.25) is 0 Å². The third-order valence-electron chi connectivity index (χ3n) is 4.68. The minimum atomic E-state index is -4.33. The average molecular weight is 409 g/mol. The van der Waals surface area contributed by atoms with Crippen LogP contribution in [0.2, 0.25) is 0 Å². The molecule has 0 atom stereocenters. The van der Waals surface area contributed by atoms with Crippen LogP contribution in [0.4, 0.5) is 24.5 Å². The van der Waals surface area contributed by atoms with Gasteiger partial charge in [0.1, 0.15) is 5.75 Å². The smallest absolute Gasteiger partial charge is 0.416 e. The fourth-order valence-electron chi connectivity index (χ4n) is 3.12. The van der Waals surface area contributed by atoms with E-state index in [1.807, 2.05) is 24.3 Å². The SMILES string of the molecule is COc1ccc(NC(=S)N2CCC(Nc3cccc(C(F)(F)F)c3)CC2)cc1. The van der Waals surface area contributed by atoms with Gasteiger partial charge in [-0.1, -0.05) is 6.07 Å². The van der Waals surface area contributed by atoms with Gasteiger partial charge in [0.15, 0.2) is 5.11 Å². The number of hydrogen-bond acceptors (Lipinski definition) is 3. The molecule has 150 valence electrons. The summed E-state index contributed by atoms with van der Waals surface area (Å²) in [6.45, 7) is 1.47. The van der Waals surface area contributed by atoms with Crippen LogP contribution >= 0.6 is 12.2 Å². The van der Waals surface area contributed by atoms with Crippen LogP contribution in [-0.2, 0) is 6.18 Å². The van der Waals surface area contributed by atoms with E-state index in [-0.39, 0.29) is 6.04 Å². The molecule has 2 aromatic rings. The van der Waals surface area contributed by atoms with Gasteiger partial charge in [-0.2, -0.15) is 13.2 Å². The standard InChI is InChI=1S/C20H22F3N3OS/c1-27-18-7-5-15(6-8-18)25-19(28)26-11-9-16(10-12-26)24-17-4-2-3-14(13-17)20(21,22)23/h2-8,13,16,24H,9-12H2,1H3,(H,25,28). The van der Waals surface area contributed by atoms with E-state index in [9.17, 15) is 13.2 Å². The van der Waals surface area contributed by atoms with Crippen LogP contribution in [0.15, 0.2) is 48.5 Å². The molecule has 4 nitrogen and oxygen atoms in total.